The van der Waals surface area contributed by atoms with Crippen molar-refractivity contribution in [2.45, 2.75) is 18.9 Å². The lowest BCUT2D eigenvalue weighted by Gasteiger charge is -2.15. The van der Waals surface area contributed by atoms with Gasteiger partial charge in [-0.1, -0.05) is 12.6 Å². The molecule has 1 aliphatic carbocycles. The second-order valence-electron chi connectivity index (χ2n) is 5.20. The van der Waals surface area contributed by atoms with E-state index in [-0.39, 0.29) is 24.5 Å². The second-order valence-corrected chi connectivity index (χ2v) is 5.20. The van der Waals surface area contributed by atoms with Gasteiger partial charge in [-0.05, 0) is 42.2 Å². The summed E-state index contributed by atoms with van der Waals surface area (Å²) in [6.07, 6.45) is 3.19. The Morgan fingerprint density at radius 2 is 2.14 bits per heavy atom. The quantitative estimate of drug-likeness (QED) is 0.833. The Labute approximate surface area is 124 Å². The van der Waals surface area contributed by atoms with Gasteiger partial charge in [-0.3, -0.25) is 9.59 Å². The van der Waals surface area contributed by atoms with Crippen LogP contribution in [0.2, 0.25) is 0 Å². The van der Waals surface area contributed by atoms with Crippen LogP contribution in [0.15, 0.2) is 30.9 Å². The van der Waals surface area contributed by atoms with E-state index in [1.165, 1.54) is 22.1 Å². The molecule has 0 aromatic heterocycles. The maximum Gasteiger partial charge on any atom is 0.246 e. The monoisotopic (exact) mass is 288 g/mol. The highest BCUT2D eigenvalue weighted by Crippen LogP contribution is 2.26. The summed E-state index contributed by atoms with van der Waals surface area (Å²) in [6, 6.07) is 5.87. The zero-order chi connectivity index (χ0) is 15.4. The van der Waals surface area contributed by atoms with Crippen molar-refractivity contribution in [2.24, 2.45) is 0 Å². The molecule has 5 heteroatoms. The highest BCUT2D eigenvalue weighted by Gasteiger charge is 2.21. The number of hydrogen-bond donors (Lipinski definition) is 1. The van der Waals surface area contributed by atoms with Crippen LogP contribution in [0.3, 0.4) is 0 Å². The SMILES string of the molecule is C=CC(=O)N(C)CC(=O)Nc1ccc2c(c1)CC(OC)C2. The Morgan fingerprint density at radius 3 is 2.81 bits per heavy atom. The van der Waals surface area contributed by atoms with E-state index in [1.54, 1.807) is 14.2 Å². The van der Waals surface area contributed by atoms with Crippen molar-refractivity contribution < 1.29 is 14.3 Å². The lowest BCUT2D eigenvalue weighted by molar-refractivity contribution is -0.129. The molecule has 5 nitrogen and oxygen atoms in total. The lowest BCUT2D eigenvalue weighted by Crippen LogP contribution is -2.33. The van der Waals surface area contributed by atoms with Crippen molar-refractivity contribution >= 4 is 17.5 Å². The van der Waals surface area contributed by atoms with Gasteiger partial charge in [-0.15, -0.1) is 0 Å². The van der Waals surface area contributed by atoms with Gasteiger partial charge >= 0.3 is 0 Å². The van der Waals surface area contributed by atoms with Crippen molar-refractivity contribution in [3.63, 3.8) is 0 Å². The molecule has 0 radical (unpaired) electrons. The smallest absolute Gasteiger partial charge is 0.246 e. The molecular weight excluding hydrogens is 268 g/mol. The molecule has 1 atom stereocenters. The summed E-state index contributed by atoms with van der Waals surface area (Å²) in [7, 11) is 3.28. The van der Waals surface area contributed by atoms with Gasteiger partial charge < -0.3 is 15.0 Å². The third kappa shape index (κ3) is 3.70. The minimum Gasteiger partial charge on any atom is -0.381 e. The van der Waals surface area contributed by atoms with E-state index < -0.39 is 0 Å². The van der Waals surface area contributed by atoms with Crippen molar-refractivity contribution in [3.8, 4) is 0 Å². The number of nitrogens with one attached hydrogen (secondary N) is 1. The summed E-state index contributed by atoms with van der Waals surface area (Å²) in [5.74, 6) is -0.504. The third-order valence-electron chi connectivity index (χ3n) is 3.65. The molecule has 0 saturated carbocycles. The van der Waals surface area contributed by atoms with E-state index in [0.29, 0.717) is 0 Å². The van der Waals surface area contributed by atoms with E-state index in [4.69, 9.17) is 4.74 Å². The van der Waals surface area contributed by atoms with Crippen LogP contribution in [0.1, 0.15) is 11.1 Å². The van der Waals surface area contributed by atoms with Crippen LogP contribution in [0, 0.1) is 0 Å². The van der Waals surface area contributed by atoms with E-state index in [9.17, 15) is 9.59 Å². The molecule has 1 N–H and O–H groups in total. The predicted molar refractivity (Wildman–Crippen MR) is 81.1 cm³/mol. The largest absolute Gasteiger partial charge is 0.381 e. The molecule has 0 spiro atoms. The summed E-state index contributed by atoms with van der Waals surface area (Å²) in [5.41, 5.74) is 3.21. The Morgan fingerprint density at radius 1 is 1.43 bits per heavy atom. The standard InChI is InChI=1S/C16H20N2O3/c1-4-16(20)18(2)10-15(19)17-13-6-5-11-8-14(21-3)9-12(11)7-13/h4-7,14H,1,8-10H2,2-3H3,(H,17,19). The number of rotatable bonds is 5. The third-order valence-corrected chi connectivity index (χ3v) is 3.65. The fraction of sp³-hybridized carbons (Fsp3) is 0.375. The number of nitrogens with zero attached hydrogens (tertiary/aromatic N) is 1. The molecule has 0 bridgehead atoms. The van der Waals surface area contributed by atoms with Crippen molar-refractivity contribution in [1.29, 1.82) is 0 Å². The molecule has 0 aliphatic heterocycles. The van der Waals surface area contributed by atoms with Crippen LogP contribution < -0.4 is 5.32 Å². The molecule has 2 amide bonds. The first kappa shape index (κ1) is 15.3. The van der Waals surface area contributed by atoms with Gasteiger partial charge in [-0.2, -0.15) is 0 Å². The zero-order valence-corrected chi connectivity index (χ0v) is 12.4. The van der Waals surface area contributed by atoms with Gasteiger partial charge in [0.1, 0.15) is 0 Å². The fourth-order valence-electron chi connectivity index (χ4n) is 2.47. The number of amides is 2. The topological polar surface area (TPSA) is 58.6 Å². The first-order chi connectivity index (χ1) is 10.0. The normalized spacial score (nSPS) is 16.2. The van der Waals surface area contributed by atoms with Crippen LogP contribution >= 0.6 is 0 Å². The van der Waals surface area contributed by atoms with Gasteiger partial charge in [0.25, 0.3) is 0 Å². The van der Waals surface area contributed by atoms with Gasteiger partial charge in [0.05, 0.1) is 12.6 Å². The number of fused-ring (bicyclic) bond motifs is 1. The summed E-state index contributed by atoms with van der Waals surface area (Å²) in [4.78, 5) is 24.6. The van der Waals surface area contributed by atoms with Crippen LogP contribution in [0.25, 0.3) is 0 Å². The number of carbonyl (C=O) groups excluding carboxylic acids is 2. The Balaban J connectivity index is 1.97. The number of carbonyl (C=O) groups is 2. The average molecular weight is 288 g/mol. The fourth-order valence-corrected chi connectivity index (χ4v) is 2.47. The molecule has 1 aromatic carbocycles. The average Bonchev–Trinajstić information content (AvgIpc) is 2.88. The summed E-state index contributed by atoms with van der Waals surface area (Å²) >= 11 is 0. The van der Waals surface area contributed by atoms with E-state index in [1.807, 2.05) is 18.2 Å². The lowest BCUT2D eigenvalue weighted by atomic mass is 10.1. The summed E-state index contributed by atoms with van der Waals surface area (Å²) in [6.45, 7) is 3.40. The van der Waals surface area contributed by atoms with E-state index >= 15 is 0 Å². The molecular formula is C16H20N2O3. The number of benzene rings is 1. The van der Waals surface area contributed by atoms with Gasteiger partial charge in [0.2, 0.25) is 11.8 Å². The van der Waals surface area contributed by atoms with E-state index in [0.717, 1.165) is 18.5 Å². The van der Waals surface area contributed by atoms with Crippen LogP contribution in [0.5, 0.6) is 0 Å². The molecule has 0 saturated heterocycles. The van der Waals surface area contributed by atoms with Crippen molar-refractivity contribution in [3.05, 3.63) is 42.0 Å². The molecule has 0 fully saturated rings. The second kappa shape index (κ2) is 6.54. The number of anilines is 1. The number of ether oxygens (including phenoxy) is 1. The molecule has 0 heterocycles. The Hall–Kier alpha value is -2.14. The van der Waals surface area contributed by atoms with Crippen LogP contribution in [-0.4, -0.2) is 43.5 Å². The predicted octanol–water partition coefficient (Wildman–Crippen LogP) is 1.38. The van der Waals surface area contributed by atoms with E-state index in [2.05, 4.69) is 11.9 Å². The maximum absolute atomic E-state index is 11.9. The molecule has 1 unspecified atom stereocenters. The minimum absolute atomic E-state index is 0.00261. The minimum atomic E-state index is -0.276. The molecule has 1 aromatic rings. The molecule has 1 aliphatic rings. The highest BCUT2D eigenvalue weighted by atomic mass is 16.5. The Bertz CT molecular complexity index is 569. The molecule has 2 rings (SSSR count). The first-order valence-electron chi connectivity index (χ1n) is 6.85. The maximum atomic E-state index is 11.9. The molecule has 112 valence electrons. The summed E-state index contributed by atoms with van der Waals surface area (Å²) < 4.78 is 5.37. The van der Waals surface area contributed by atoms with Gasteiger partial charge in [0, 0.05) is 19.8 Å². The van der Waals surface area contributed by atoms with Crippen LogP contribution in [0.4, 0.5) is 5.69 Å². The van der Waals surface area contributed by atoms with Gasteiger partial charge in [-0.25, -0.2) is 0 Å². The zero-order valence-electron chi connectivity index (χ0n) is 12.4. The van der Waals surface area contributed by atoms with Crippen molar-refractivity contribution in [2.75, 3.05) is 26.0 Å². The van der Waals surface area contributed by atoms with Gasteiger partial charge in [0.15, 0.2) is 0 Å². The summed E-state index contributed by atoms with van der Waals surface area (Å²) in [5, 5.41) is 2.81. The number of methoxy groups -OCH3 is 1. The first-order valence-corrected chi connectivity index (χ1v) is 6.85. The Kier molecular flexibility index (Phi) is 4.75. The van der Waals surface area contributed by atoms with Crippen molar-refractivity contribution in [1.82, 2.24) is 4.90 Å². The number of hydrogen-bond acceptors (Lipinski definition) is 3. The number of likely N-dealkylation sites (N-methyl/N-ethyl adjacent to an activating group) is 1. The highest BCUT2D eigenvalue weighted by molar-refractivity contribution is 5.96. The van der Waals surface area contributed by atoms with Crippen LogP contribution in [-0.2, 0) is 27.2 Å². The molecule has 21 heavy (non-hydrogen) atoms.